The van der Waals surface area contributed by atoms with Crippen LogP contribution in [0.15, 0.2) is 45.3 Å². The van der Waals surface area contributed by atoms with Crippen LogP contribution >= 0.6 is 15.9 Å². The van der Waals surface area contributed by atoms with E-state index < -0.39 is 0 Å². The van der Waals surface area contributed by atoms with Crippen molar-refractivity contribution in [1.29, 1.82) is 0 Å². The van der Waals surface area contributed by atoms with Crippen LogP contribution in [0.25, 0.3) is 0 Å². The zero-order chi connectivity index (χ0) is 13.9. The Kier molecular flexibility index (Phi) is 3.78. The van der Waals surface area contributed by atoms with Gasteiger partial charge in [-0.25, -0.2) is 0 Å². The molecule has 0 aliphatic carbocycles. The van der Waals surface area contributed by atoms with Crippen LogP contribution in [0.1, 0.15) is 22.7 Å². The minimum absolute atomic E-state index is 0.0360. The van der Waals surface area contributed by atoms with Crippen molar-refractivity contribution >= 4 is 21.8 Å². The van der Waals surface area contributed by atoms with Crippen molar-refractivity contribution in [3.8, 4) is 5.75 Å². The molecule has 3 rings (SSSR count). The number of carbonyl (C=O) groups excluding carboxylic acids is 1. The van der Waals surface area contributed by atoms with E-state index in [1.165, 1.54) is 0 Å². The van der Waals surface area contributed by atoms with Gasteiger partial charge in [-0.1, -0.05) is 15.9 Å². The van der Waals surface area contributed by atoms with E-state index in [4.69, 9.17) is 9.15 Å². The van der Waals surface area contributed by atoms with Crippen LogP contribution in [0.5, 0.6) is 5.75 Å². The summed E-state index contributed by atoms with van der Waals surface area (Å²) in [5, 5.41) is 0. The van der Waals surface area contributed by atoms with Crippen LogP contribution in [0, 0.1) is 0 Å². The highest BCUT2D eigenvalue weighted by Gasteiger charge is 2.24. The fourth-order valence-corrected chi connectivity index (χ4v) is 2.20. The van der Waals surface area contributed by atoms with Crippen LogP contribution in [0.2, 0.25) is 0 Å². The number of amides is 1. The Morgan fingerprint density at radius 1 is 1.20 bits per heavy atom. The molecule has 0 saturated carbocycles. The van der Waals surface area contributed by atoms with Crippen molar-refractivity contribution in [2.75, 3.05) is 13.1 Å². The Hall–Kier alpha value is -1.75. The smallest absolute Gasteiger partial charge is 0.289 e. The average molecular weight is 336 g/mol. The lowest BCUT2D eigenvalue weighted by molar-refractivity contribution is 0.0615. The first-order valence-electron chi connectivity index (χ1n) is 6.49. The molecule has 2 heterocycles. The predicted molar refractivity (Wildman–Crippen MR) is 77.7 cm³/mol. The maximum absolute atomic E-state index is 11.9. The van der Waals surface area contributed by atoms with E-state index in [2.05, 4.69) is 15.9 Å². The SMILES string of the molecule is O=C(c1ccc(COc2ccc(Br)cc2)o1)N1CCC1. The van der Waals surface area contributed by atoms with Crippen molar-refractivity contribution in [1.82, 2.24) is 4.90 Å². The van der Waals surface area contributed by atoms with Gasteiger partial charge in [-0.15, -0.1) is 0 Å². The Morgan fingerprint density at radius 2 is 1.95 bits per heavy atom. The van der Waals surface area contributed by atoms with E-state index >= 15 is 0 Å². The molecule has 0 unspecified atom stereocenters. The predicted octanol–water partition coefficient (Wildman–Crippen LogP) is 3.47. The summed E-state index contributed by atoms with van der Waals surface area (Å²) in [6, 6.07) is 11.1. The fourth-order valence-electron chi connectivity index (χ4n) is 1.93. The minimum Gasteiger partial charge on any atom is -0.486 e. The standard InChI is InChI=1S/C15H14BrNO3/c16-11-2-4-12(5-3-11)19-10-13-6-7-14(20-13)15(18)17-8-1-9-17/h2-7H,1,8-10H2. The van der Waals surface area contributed by atoms with E-state index in [9.17, 15) is 4.79 Å². The summed E-state index contributed by atoms with van der Waals surface area (Å²) >= 11 is 3.37. The Balaban J connectivity index is 1.59. The van der Waals surface area contributed by atoms with Crippen molar-refractivity contribution in [2.45, 2.75) is 13.0 Å². The maximum atomic E-state index is 11.9. The molecule has 2 aromatic rings. The Bertz CT molecular complexity index is 602. The number of carbonyl (C=O) groups is 1. The normalized spacial score (nSPS) is 13.9. The van der Waals surface area contributed by atoms with Gasteiger partial charge in [0.15, 0.2) is 5.76 Å². The molecule has 4 nitrogen and oxygen atoms in total. The number of furan rings is 1. The molecule has 1 aliphatic rings. The zero-order valence-corrected chi connectivity index (χ0v) is 12.4. The summed E-state index contributed by atoms with van der Waals surface area (Å²) in [6.45, 7) is 1.96. The third-order valence-corrected chi connectivity index (χ3v) is 3.74. The van der Waals surface area contributed by atoms with Gasteiger partial charge in [0.2, 0.25) is 0 Å². The highest BCUT2D eigenvalue weighted by molar-refractivity contribution is 9.10. The number of rotatable bonds is 4. The Morgan fingerprint density at radius 3 is 2.60 bits per heavy atom. The van der Waals surface area contributed by atoms with Gasteiger partial charge in [0.1, 0.15) is 18.1 Å². The third-order valence-electron chi connectivity index (χ3n) is 3.21. The number of benzene rings is 1. The van der Waals surface area contributed by atoms with Crippen LogP contribution in [-0.2, 0) is 6.61 Å². The van der Waals surface area contributed by atoms with E-state index in [-0.39, 0.29) is 5.91 Å². The molecule has 20 heavy (non-hydrogen) atoms. The molecule has 1 aliphatic heterocycles. The lowest BCUT2D eigenvalue weighted by atomic mass is 10.2. The highest BCUT2D eigenvalue weighted by Crippen LogP contribution is 2.19. The molecule has 104 valence electrons. The van der Waals surface area contributed by atoms with Gasteiger partial charge in [0.05, 0.1) is 0 Å². The van der Waals surface area contributed by atoms with Crippen molar-refractivity contribution in [3.05, 3.63) is 52.4 Å². The molecule has 1 saturated heterocycles. The van der Waals surface area contributed by atoms with Crippen LogP contribution in [0.4, 0.5) is 0 Å². The summed E-state index contributed by atoms with van der Waals surface area (Å²) in [5.41, 5.74) is 0. The van der Waals surface area contributed by atoms with E-state index in [0.29, 0.717) is 18.1 Å². The molecule has 1 amide bonds. The Labute approximate surface area is 125 Å². The van der Waals surface area contributed by atoms with E-state index in [0.717, 1.165) is 29.7 Å². The second kappa shape index (κ2) is 5.71. The van der Waals surface area contributed by atoms with E-state index in [1.807, 2.05) is 24.3 Å². The molecule has 0 spiro atoms. The van der Waals surface area contributed by atoms with Gasteiger partial charge in [0, 0.05) is 17.6 Å². The van der Waals surface area contributed by atoms with E-state index in [1.54, 1.807) is 17.0 Å². The van der Waals surface area contributed by atoms with Crippen LogP contribution in [-0.4, -0.2) is 23.9 Å². The van der Waals surface area contributed by atoms with Gasteiger partial charge in [-0.05, 0) is 42.8 Å². The lowest BCUT2D eigenvalue weighted by Gasteiger charge is -2.29. The molecular weight excluding hydrogens is 322 g/mol. The number of hydrogen-bond donors (Lipinski definition) is 0. The number of hydrogen-bond acceptors (Lipinski definition) is 3. The van der Waals surface area contributed by atoms with Crippen molar-refractivity contribution in [2.24, 2.45) is 0 Å². The third kappa shape index (κ3) is 2.88. The summed E-state index contributed by atoms with van der Waals surface area (Å²) < 4.78 is 12.1. The molecule has 1 fully saturated rings. The summed E-state index contributed by atoms with van der Waals surface area (Å²) in [5.74, 6) is 1.77. The first kappa shape index (κ1) is 13.2. The maximum Gasteiger partial charge on any atom is 0.289 e. The molecule has 5 heteroatoms. The minimum atomic E-state index is -0.0360. The number of halogens is 1. The largest absolute Gasteiger partial charge is 0.486 e. The van der Waals surface area contributed by atoms with Gasteiger partial charge >= 0.3 is 0 Å². The number of likely N-dealkylation sites (tertiary alicyclic amines) is 1. The molecule has 0 bridgehead atoms. The van der Waals surface area contributed by atoms with Crippen molar-refractivity contribution < 1.29 is 13.9 Å². The second-order valence-corrected chi connectivity index (χ2v) is 5.57. The van der Waals surface area contributed by atoms with Crippen LogP contribution < -0.4 is 4.74 Å². The zero-order valence-electron chi connectivity index (χ0n) is 10.8. The van der Waals surface area contributed by atoms with Crippen molar-refractivity contribution in [3.63, 3.8) is 0 Å². The average Bonchev–Trinajstić information content (AvgIpc) is 2.85. The number of ether oxygens (including phenoxy) is 1. The number of nitrogens with zero attached hydrogens (tertiary/aromatic N) is 1. The summed E-state index contributed by atoms with van der Waals surface area (Å²) in [6.07, 6.45) is 1.08. The molecular formula is C15H14BrNO3. The van der Waals surface area contributed by atoms with Crippen LogP contribution in [0.3, 0.4) is 0 Å². The molecule has 0 N–H and O–H groups in total. The monoisotopic (exact) mass is 335 g/mol. The van der Waals surface area contributed by atoms with Gasteiger partial charge in [-0.3, -0.25) is 4.79 Å². The molecule has 1 aromatic heterocycles. The van der Waals surface area contributed by atoms with Gasteiger partial charge < -0.3 is 14.1 Å². The summed E-state index contributed by atoms with van der Waals surface area (Å²) in [4.78, 5) is 13.7. The second-order valence-electron chi connectivity index (χ2n) is 4.65. The quantitative estimate of drug-likeness (QED) is 0.859. The molecule has 0 atom stereocenters. The first-order chi connectivity index (χ1) is 9.72. The molecule has 0 radical (unpaired) electrons. The topological polar surface area (TPSA) is 42.7 Å². The van der Waals surface area contributed by atoms with Gasteiger partial charge in [-0.2, -0.15) is 0 Å². The van der Waals surface area contributed by atoms with Gasteiger partial charge in [0.25, 0.3) is 5.91 Å². The highest BCUT2D eigenvalue weighted by atomic mass is 79.9. The fraction of sp³-hybridized carbons (Fsp3) is 0.267. The first-order valence-corrected chi connectivity index (χ1v) is 7.28. The molecule has 1 aromatic carbocycles. The summed E-state index contributed by atoms with van der Waals surface area (Å²) in [7, 11) is 0. The lowest BCUT2D eigenvalue weighted by Crippen LogP contribution is -2.41.